The smallest absolute Gasteiger partial charge is 0.330 e. The summed E-state index contributed by atoms with van der Waals surface area (Å²) in [6.45, 7) is 6.86. The van der Waals surface area contributed by atoms with Gasteiger partial charge in [-0.05, 0) is 67.8 Å². The van der Waals surface area contributed by atoms with Gasteiger partial charge in [0.25, 0.3) is 0 Å². The number of hydrogen-bond acceptors (Lipinski definition) is 5. The quantitative estimate of drug-likeness (QED) is 0.456. The van der Waals surface area contributed by atoms with Gasteiger partial charge in [0.15, 0.2) is 0 Å². The third-order valence-electron chi connectivity index (χ3n) is 6.25. The van der Waals surface area contributed by atoms with E-state index in [2.05, 4.69) is 18.2 Å². The van der Waals surface area contributed by atoms with Crippen molar-refractivity contribution in [3.8, 4) is 5.75 Å². The highest BCUT2D eigenvalue weighted by atomic mass is 19.1. The maximum atomic E-state index is 13.5. The molecule has 3 aromatic carbocycles. The van der Waals surface area contributed by atoms with Crippen molar-refractivity contribution in [1.82, 2.24) is 5.06 Å². The van der Waals surface area contributed by atoms with Gasteiger partial charge in [0.1, 0.15) is 11.6 Å². The first-order valence-electron chi connectivity index (χ1n) is 11.6. The van der Waals surface area contributed by atoms with Crippen LogP contribution in [-0.2, 0) is 21.0 Å². The molecule has 0 aliphatic carbocycles. The van der Waals surface area contributed by atoms with E-state index in [1.807, 2.05) is 51.1 Å². The summed E-state index contributed by atoms with van der Waals surface area (Å²) in [6.07, 6.45) is 0.478. The van der Waals surface area contributed by atoms with Gasteiger partial charge < -0.3 is 14.3 Å². The third-order valence-corrected chi connectivity index (χ3v) is 6.25. The van der Waals surface area contributed by atoms with E-state index in [0.717, 1.165) is 34.1 Å². The van der Waals surface area contributed by atoms with E-state index >= 15 is 0 Å². The summed E-state index contributed by atoms with van der Waals surface area (Å²) in [7, 11) is 1.66. The van der Waals surface area contributed by atoms with Crippen LogP contribution in [0, 0.1) is 11.2 Å². The average molecular weight is 466 g/mol. The van der Waals surface area contributed by atoms with Crippen LogP contribution in [0.2, 0.25) is 0 Å². The Balaban J connectivity index is 1.56. The van der Waals surface area contributed by atoms with E-state index in [-0.39, 0.29) is 23.8 Å². The number of piperidine rings is 1. The van der Waals surface area contributed by atoms with Gasteiger partial charge in [-0.1, -0.05) is 36.4 Å². The van der Waals surface area contributed by atoms with Crippen molar-refractivity contribution >= 4 is 16.7 Å². The second-order valence-corrected chi connectivity index (χ2v) is 9.82. The van der Waals surface area contributed by atoms with Gasteiger partial charge in [0.2, 0.25) is 0 Å². The molecule has 34 heavy (non-hydrogen) atoms. The van der Waals surface area contributed by atoms with Gasteiger partial charge in [-0.25, -0.2) is 9.18 Å². The molecule has 2 unspecified atom stereocenters. The lowest BCUT2D eigenvalue weighted by atomic mass is 9.87. The molecule has 3 aromatic rings. The Morgan fingerprint density at radius 2 is 1.74 bits per heavy atom. The lowest BCUT2D eigenvalue weighted by molar-refractivity contribution is -0.216. The maximum Gasteiger partial charge on any atom is 0.330 e. The molecule has 5 nitrogen and oxygen atoms in total. The number of hydrogen-bond donors (Lipinski definition) is 0. The van der Waals surface area contributed by atoms with Crippen molar-refractivity contribution in [2.75, 3.05) is 20.2 Å². The highest BCUT2D eigenvalue weighted by Gasteiger charge is 2.35. The van der Waals surface area contributed by atoms with Crippen LogP contribution in [0.3, 0.4) is 0 Å². The second kappa shape index (κ2) is 10.1. The number of halogens is 1. The summed E-state index contributed by atoms with van der Waals surface area (Å²) in [6, 6.07) is 18.8. The number of fused-ring (bicyclic) bond motifs is 1. The molecule has 4 rings (SSSR count). The summed E-state index contributed by atoms with van der Waals surface area (Å²) in [4.78, 5) is 18.1. The summed E-state index contributed by atoms with van der Waals surface area (Å²) < 4.78 is 25.6. The zero-order chi connectivity index (χ0) is 24.3. The van der Waals surface area contributed by atoms with Crippen molar-refractivity contribution in [3.05, 3.63) is 77.6 Å². The van der Waals surface area contributed by atoms with Crippen LogP contribution >= 0.6 is 0 Å². The molecule has 0 saturated carbocycles. The molecule has 6 heteroatoms. The first kappa shape index (κ1) is 24.2. The summed E-state index contributed by atoms with van der Waals surface area (Å²) in [5.41, 5.74) is 1.37. The number of carbonyl (C=O) groups excluding carboxylic acids is 1. The minimum atomic E-state index is -0.595. The molecule has 1 heterocycles. The third kappa shape index (κ3) is 5.57. The molecule has 1 aliphatic rings. The molecular weight excluding hydrogens is 433 g/mol. The Labute approximate surface area is 200 Å². The zero-order valence-electron chi connectivity index (χ0n) is 20.2. The minimum Gasteiger partial charge on any atom is -0.496 e. The molecule has 0 N–H and O–H groups in total. The average Bonchev–Trinajstić information content (AvgIpc) is 2.82. The van der Waals surface area contributed by atoms with Crippen LogP contribution < -0.4 is 4.74 Å². The summed E-state index contributed by atoms with van der Waals surface area (Å²) in [5, 5.41) is 3.90. The zero-order valence-corrected chi connectivity index (χ0v) is 20.2. The lowest BCUT2D eigenvalue weighted by Gasteiger charge is -2.38. The van der Waals surface area contributed by atoms with Crippen LogP contribution in [0.5, 0.6) is 5.75 Å². The van der Waals surface area contributed by atoms with Crippen molar-refractivity contribution in [3.63, 3.8) is 0 Å². The fraction of sp³-hybridized carbons (Fsp3) is 0.393. The van der Waals surface area contributed by atoms with E-state index in [1.165, 1.54) is 12.1 Å². The van der Waals surface area contributed by atoms with E-state index in [0.29, 0.717) is 19.7 Å². The molecule has 1 aliphatic heterocycles. The van der Waals surface area contributed by atoms with Crippen molar-refractivity contribution in [1.29, 1.82) is 0 Å². The molecule has 1 fully saturated rings. The monoisotopic (exact) mass is 465 g/mol. The second-order valence-electron chi connectivity index (χ2n) is 9.82. The van der Waals surface area contributed by atoms with Crippen molar-refractivity contribution < 1.29 is 23.5 Å². The van der Waals surface area contributed by atoms with Gasteiger partial charge in [0, 0.05) is 18.0 Å². The Kier molecular flexibility index (Phi) is 7.19. The molecule has 180 valence electrons. The number of hydroxylamine groups is 2. The molecule has 0 spiro atoms. The van der Waals surface area contributed by atoms with E-state index in [9.17, 15) is 9.18 Å². The van der Waals surface area contributed by atoms with Crippen molar-refractivity contribution in [2.24, 2.45) is 5.41 Å². The van der Waals surface area contributed by atoms with Gasteiger partial charge in [-0.15, -0.1) is 5.06 Å². The van der Waals surface area contributed by atoms with Crippen molar-refractivity contribution in [2.45, 2.75) is 45.8 Å². The van der Waals surface area contributed by atoms with Gasteiger partial charge in [0.05, 0.1) is 31.8 Å². The Morgan fingerprint density at radius 3 is 2.38 bits per heavy atom. The summed E-state index contributed by atoms with van der Waals surface area (Å²) in [5.74, 6) is 0.279. The predicted molar refractivity (Wildman–Crippen MR) is 130 cm³/mol. The Morgan fingerprint density at radius 1 is 1.06 bits per heavy atom. The predicted octanol–water partition coefficient (Wildman–Crippen LogP) is 5.87. The highest BCUT2D eigenvalue weighted by molar-refractivity contribution is 5.85. The molecular formula is C28H32FNO4. The number of nitrogens with zero attached hydrogens (tertiary/aromatic N) is 1. The van der Waals surface area contributed by atoms with Crippen LogP contribution in [0.15, 0.2) is 60.7 Å². The van der Waals surface area contributed by atoms with Crippen LogP contribution in [0.1, 0.15) is 44.2 Å². The number of rotatable bonds is 6. The Hall–Kier alpha value is -2.96. The maximum absolute atomic E-state index is 13.5. The van der Waals surface area contributed by atoms with E-state index in [4.69, 9.17) is 14.3 Å². The molecule has 0 radical (unpaired) electrons. The van der Waals surface area contributed by atoms with E-state index in [1.54, 1.807) is 12.2 Å². The summed E-state index contributed by atoms with van der Waals surface area (Å²) >= 11 is 0. The van der Waals surface area contributed by atoms with Gasteiger partial charge >= 0.3 is 5.97 Å². The normalized spacial score (nSPS) is 19.2. The van der Waals surface area contributed by atoms with E-state index < -0.39 is 5.41 Å². The lowest BCUT2D eigenvalue weighted by Crippen LogP contribution is -2.46. The molecule has 0 amide bonds. The molecule has 2 atom stereocenters. The Bertz CT molecular complexity index is 1140. The number of carbonyl (C=O) groups is 1. The SMILES string of the molecule is COc1cc2ccccc2cc1COC1CN(OC(=O)C(C)(C)C)CCC1c1ccc(F)cc1. The first-order valence-corrected chi connectivity index (χ1v) is 11.6. The molecule has 0 bridgehead atoms. The largest absolute Gasteiger partial charge is 0.496 e. The first-order chi connectivity index (χ1) is 16.2. The topological polar surface area (TPSA) is 48.0 Å². The fourth-order valence-corrected chi connectivity index (χ4v) is 4.25. The standard InChI is InChI=1S/C28H32FNO4/c1-28(2,3)27(31)34-30-14-13-24(19-9-11-23(29)12-10-19)26(17-30)33-18-22-15-20-7-5-6-8-21(20)16-25(22)32-4/h5-12,15-16,24,26H,13-14,17-18H2,1-4H3. The fourth-order valence-electron chi connectivity index (χ4n) is 4.25. The number of ether oxygens (including phenoxy) is 2. The highest BCUT2D eigenvalue weighted by Crippen LogP contribution is 2.33. The molecule has 1 saturated heterocycles. The van der Waals surface area contributed by atoms with Gasteiger partial charge in [-0.2, -0.15) is 0 Å². The number of methoxy groups -OCH3 is 1. The number of benzene rings is 3. The minimum absolute atomic E-state index is 0.0524. The molecule has 0 aromatic heterocycles. The van der Waals surface area contributed by atoms with Crippen LogP contribution in [0.25, 0.3) is 10.8 Å². The van der Waals surface area contributed by atoms with Gasteiger partial charge in [-0.3, -0.25) is 0 Å². The van der Waals surface area contributed by atoms with Crippen LogP contribution in [-0.4, -0.2) is 37.3 Å². The van der Waals surface area contributed by atoms with Crippen LogP contribution in [0.4, 0.5) is 4.39 Å².